The molecule has 0 radical (unpaired) electrons. The summed E-state index contributed by atoms with van der Waals surface area (Å²) >= 11 is 1.86. The predicted molar refractivity (Wildman–Crippen MR) is 67.0 cm³/mol. The normalized spacial score (nSPS) is 20.7. The largest absolute Gasteiger partial charge is 0.315 e. The van der Waals surface area contributed by atoms with Crippen LogP contribution in [0.5, 0.6) is 0 Å². The van der Waals surface area contributed by atoms with Gasteiger partial charge in [0.2, 0.25) is 0 Å². The first-order chi connectivity index (χ1) is 7.45. The Morgan fingerprint density at radius 1 is 1.33 bits per heavy atom. The minimum Gasteiger partial charge on any atom is -0.315 e. The second-order valence-corrected chi connectivity index (χ2v) is 4.82. The number of rotatable bonds is 5. The van der Waals surface area contributed by atoms with Crippen molar-refractivity contribution in [1.29, 1.82) is 0 Å². The van der Waals surface area contributed by atoms with E-state index >= 15 is 0 Å². The van der Waals surface area contributed by atoms with Crippen LogP contribution in [0.25, 0.3) is 0 Å². The molecule has 0 aromatic heterocycles. The summed E-state index contributed by atoms with van der Waals surface area (Å²) in [5.41, 5.74) is 1.43. The van der Waals surface area contributed by atoms with E-state index in [1.807, 2.05) is 11.9 Å². The Morgan fingerprint density at radius 2 is 2.20 bits per heavy atom. The van der Waals surface area contributed by atoms with Gasteiger partial charge in [0, 0.05) is 18.3 Å². The van der Waals surface area contributed by atoms with E-state index < -0.39 is 0 Å². The van der Waals surface area contributed by atoms with E-state index in [-0.39, 0.29) is 0 Å². The van der Waals surface area contributed by atoms with E-state index in [2.05, 4.69) is 40.4 Å². The average molecular weight is 222 g/mol. The molecule has 0 amide bonds. The maximum atomic E-state index is 3.51. The van der Waals surface area contributed by atoms with Gasteiger partial charge in [-0.05, 0) is 24.9 Å². The van der Waals surface area contributed by atoms with Gasteiger partial charge in [-0.15, -0.1) is 0 Å². The monoisotopic (exact) mass is 222 g/mol. The second-order valence-electron chi connectivity index (χ2n) is 3.89. The lowest BCUT2D eigenvalue weighted by molar-refractivity contribution is 0.692. The maximum Gasteiger partial charge on any atom is 0.0308 e. The molecular weight excluding hydrogens is 204 g/mol. The van der Waals surface area contributed by atoms with Crippen LogP contribution in [0, 0.1) is 0 Å². The quantitative estimate of drug-likeness (QED) is 0.587. The van der Waals surface area contributed by atoms with Crippen molar-refractivity contribution >= 4 is 11.9 Å². The fourth-order valence-corrected chi connectivity index (χ4v) is 2.64. The molecule has 82 valence electrons. The lowest BCUT2D eigenvalue weighted by Gasteiger charge is -2.09. The Bertz CT molecular complexity index is 270. The first-order valence-electron chi connectivity index (χ1n) is 5.57. The molecule has 0 bridgehead atoms. The fraction of sp³-hybridized carbons (Fsp3) is 0.500. The van der Waals surface area contributed by atoms with Gasteiger partial charge >= 0.3 is 0 Å². The van der Waals surface area contributed by atoms with E-state index in [1.165, 1.54) is 12.0 Å². The first kappa shape index (κ1) is 11.0. The second kappa shape index (κ2) is 6.16. The van der Waals surface area contributed by atoms with Gasteiger partial charge in [0.25, 0.3) is 0 Å². The standard InChI is InChI=1S/C12H18N2S/c1-2-4-11(5-3-1)7-9-15-14-12-6-8-13-10-12/h1-5,12-14H,6-10H2. The first-order valence-corrected chi connectivity index (χ1v) is 6.55. The molecule has 0 aliphatic carbocycles. The van der Waals surface area contributed by atoms with Crippen molar-refractivity contribution in [1.82, 2.24) is 10.0 Å². The van der Waals surface area contributed by atoms with Crippen LogP contribution in [-0.2, 0) is 6.42 Å². The van der Waals surface area contributed by atoms with Crippen molar-refractivity contribution in [3.05, 3.63) is 35.9 Å². The summed E-state index contributed by atoms with van der Waals surface area (Å²) in [6.45, 7) is 2.29. The van der Waals surface area contributed by atoms with Crippen molar-refractivity contribution in [2.75, 3.05) is 18.8 Å². The lowest BCUT2D eigenvalue weighted by atomic mass is 10.2. The molecule has 1 aromatic rings. The Hall–Kier alpha value is -0.510. The minimum absolute atomic E-state index is 0.672. The third-order valence-electron chi connectivity index (χ3n) is 2.65. The van der Waals surface area contributed by atoms with Crippen LogP contribution in [0.3, 0.4) is 0 Å². The highest BCUT2D eigenvalue weighted by Crippen LogP contribution is 2.07. The summed E-state index contributed by atoms with van der Waals surface area (Å²) in [7, 11) is 0. The molecule has 2 nitrogen and oxygen atoms in total. The van der Waals surface area contributed by atoms with Crippen LogP contribution in [0.1, 0.15) is 12.0 Å². The number of nitrogens with one attached hydrogen (secondary N) is 2. The molecule has 3 heteroatoms. The van der Waals surface area contributed by atoms with Crippen LogP contribution in [0.4, 0.5) is 0 Å². The van der Waals surface area contributed by atoms with Gasteiger partial charge in [0.05, 0.1) is 0 Å². The predicted octanol–water partition coefficient (Wildman–Crippen LogP) is 1.83. The Labute approximate surface area is 96.0 Å². The zero-order chi connectivity index (χ0) is 10.3. The molecule has 1 aliphatic rings. The van der Waals surface area contributed by atoms with E-state index in [0.29, 0.717) is 6.04 Å². The molecule has 1 saturated heterocycles. The molecular formula is C12H18N2S. The topological polar surface area (TPSA) is 24.1 Å². The highest BCUT2D eigenvalue weighted by atomic mass is 32.2. The maximum absolute atomic E-state index is 3.51. The van der Waals surface area contributed by atoms with Crippen LogP contribution >= 0.6 is 11.9 Å². The molecule has 1 aromatic carbocycles. The SMILES string of the molecule is c1ccc(CCSNC2CCNC2)cc1. The van der Waals surface area contributed by atoms with Crippen LogP contribution in [0.2, 0.25) is 0 Å². The zero-order valence-corrected chi connectivity index (χ0v) is 9.72. The summed E-state index contributed by atoms with van der Waals surface area (Å²) in [6.07, 6.45) is 2.41. The molecule has 1 atom stereocenters. The Balaban J connectivity index is 1.59. The van der Waals surface area contributed by atoms with Gasteiger partial charge in [0.1, 0.15) is 0 Å². The van der Waals surface area contributed by atoms with Crippen molar-refractivity contribution in [3.8, 4) is 0 Å². The van der Waals surface area contributed by atoms with Gasteiger partial charge in [0.15, 0.2) is 0 Å². The Morgan fingerprint density at radius 3 is 2.93 bits per heavy atom. The van der Waals surface area contributed by atoms with E-state index in [4.69, 9.17) is 0 Å². The third-order valence-corrected chi connectivity index (χ3v) is 3.55. The van der Waals surface area contributed by atoms with Crippen LogP contribution in [-0.4, -0.2) is 24.9 Å². The Kier molecular flexibility index (Phi) is 4.51. The van der Waals surface area contributed by atoms with Gasteiger partial charge in [-0.1, -0.05) is 42.3 Å². The number of hydrogen-bond acceptors (Lipinski definition) is 3. The van der Waals surface area contributed by atoms with Crippen molar-refractivity contribution < 1.29 is 0 Å². The number of benzene rings is 1. The highest BCUT2D eigenvalue weighted by Gasteiger charge is 2.12. The molecule has 15 heavy (non-hydrogen) atoms. The smallest absolute Gasteiger partial charge is 0.0308 e. The molecule has 1 heterocycles. The van der Waals surface area contributed by atoms with Crippen molar-refractivity contribution in [2.45, 2.75) is 18.9 Å². The number of aryl methyl sites for hydroxylation is 1. The zero-order valence-electron chi connectivity index (χ0n) is 8.91. The molecule has 0 saturated carbocycles. The molecule has 1 unspecified atom stereocenters. The van der Waals surface area contributed by atoms with Crippen molar-refractivity contribution in [2.24, 2.45) is 0 Å². The van der Waals surface area contributed by atoms with E-state index in [1.54, 1.807) is 0 Å². The molecule has 2 N–H and O–H groups in total. The lowest BCUT2D eigenvalue weighted by Crippen LogP contribution is -2.25. The molecule has 0 spiro atoms. The van der Waals surface area contributed by atoms with Gasteiger partial charge in [-0.2, -0.15) is 0 Å². The van der Waals surface area contributed by atoms with Gasteiger partial charge in [-0.3, -0.25) is 4.72 Å². The summed E-state index contributed by atoms with van der Waals surface area (Å²) in [5.74, 6) is 1.15. The van der Waals surface area contributed by atoms with Crippen LogP contribution < -0.4 is 10.0 Å². The summed E-state index contributed by atoms with van der Waals surface area (Å²) in [5, 5.41) is 3.36. The molecule has 1 fully saturated rings. The van der Waals surface area contributed by atoms with Crippen LogP contribution in [0.15, 0.2) is 30.3 Å². The van der Waals surface area contributed by atoms with Crippen molar-refractivity contribution in [3.63, 3.8) is 0 Å². The van der Waals surface area contributed by atoms with E-state index in [9.17, 15) is 0 Å². The highest BCUT2D eigenvalue weighted by molar-refractivity contribution is 7.97. The van der Waals surface area contributed by atoms with E-state index in [0.717, 1.165) is 25.3 Å². The minimum atomic E-state index is 0.672. The third kappa shape index (κ3) is 3.86. The summed E-state index contributed by atoms with van der Waals surface area (Å²) < 4.78 is 3.51. The molecule has 2 rings (SSSR count). The average Bonchev–Trinajstić information content (AvgIpc) is 2.79. The van der Waals surface area contributed by atoms with Gasteiger partial charge < -0.3 is 5.32 Å². The summed E-state index contributed by atoms with van der Waals surface area (Å²) in [6, 6.07) is 11.3. The summed E-state index contributed by atoms with van der Waals surface area (Å²) in [4.78, 5) is 0. The van der Waals surface area contributed by atoms with Gasteiger partial charge in [-0.25, -0.2) is 0 Å². The number of hydrogen-bond donors (Lipinski definition) is 2. The fourth-order valence-electron chi connectivity index (χ4n) is 1.75. The molecule has 1 aliphatic heterocycles.